The van der Waals surface area contributed by atoms with Crippen LogP contribution < -0.4 is 44.7 Å². The van der Waals surface area contributed by atoms with E-state index in [1.807, 2.05) is 12.1 Å². The Kier molecular flexibility index (Phi) is 42.9. The third kappa shape index (κ3) is 32.3. The largest absolute Gasteiger partial charge is 0.484 e. The van der Waals surface area contributed by atoms with E-state index >= 15 is 0 Å². The Morgan fingerprint density at radius 3 is 0.815 bits per heavy atom. The number of amides is 2. The lowest BCUT2D eigenvalue weighted by molar-refractivity contribution is -0.161. The molecule has 718 valence electrons. The van der Waals surface area contributed by atoms with Gasteiger partial charge in [-0.2, -0.15) is 0 Å². The average Bonchev–Trinajstić information content (AvgIpc) is 1.64. The summed E-state index contributed by atoms with van der Waals surface area (Å²) in [4.78, 5) is 53.9. The van der Waals surface area contributed by atoms with Crippen molar-refractivity contribution < 1.29 is 111 Å². The minimum Gasteiger partial charge on any atom is -0.484 e. The maximum Gasteiger partial charge on any atom is 0.320 e. The number of nitrogens with one attached hydrogen (secondary N) is 5. The molecule has 3 aliphatic heterocycles. The molecular weight excluding hydrogens is 1740 g/mol. The van der Waals surface area contributed by atoms with Crippen LogP contribution in [0.2, 0.25) is 0 Å². The van der Waals surface area contributed by atoms with E-state index in [0.29, 0.717) is 89.3 Å². The van der Waals surface area contributed by atoms with Crippen LogP contribution in [0.1, 0.15) is 137 Å². The number of carboxylic acids is 2. The Bertz CT molecular complexity index is 4570. The summed E-state index contributed by atoms with van der Waals surface area (Å²) in [6.45, 7) is 18.7. The summed E-state index contributed by atoms with van der Waals surface area (Å²) in [5.74, 6) is -1.60. The number of nitrogens with zero attached hydrogens (tertiary/aromatic N) is 3. The highest BCUT2D eigenvalue weighted by atomic mass is 32.2. The number of fused-ring (bicyclic) bond motifs is 3. The van der Waals surface area contributed by atoms with Crippen LogP contribution in [-0.2, 0) is 111 Å². The fourth-order valence-electron chi connectivity index (χ4n) is 16.1. The van der Waals surface area contributed by atoms with Crippen LogP contribution in [0.3, 0.4) is 0 Å². The number of sulfonamides is 3. The molecule has 0 unspecified atom stereocenters. The zero-order chi connectivity index (χ0) is 92.6. The van der Waals surface area contributed by atoms with Gasteiger partial charge in [-0.3, -0.25) is 33.9 Å². The number of carboxylic acid groups (broad SMARTS) is 2. The first-order valence-corrected chi connectivity index (χ1v) is 49.9. The molecule has 9 N–H and O–H groups in total. The molecule has 0 spiro atoms. The van der Waals surface area contributed by atoms with Crippen molar-refractivity contribution in [3.8, 4) is 17.2 Å². The van der Waals surface area contributed by atoms with Crippen LogP contribution in [-0.4, -0.2) is 290 Å². The van der Waals surface area contributed by atoms with Crippen molar-refractivity contribution in [3.63, 3.8) is 0 Å². The fourth-order valence-corrected chi connectivity index (χ4v) is 19.1. The normalized spacial score (nSPS) is 19.0. The minimum atomic E-state index is -3.75. The Hall–Kier alpha value is -8.19. The van der Waals surface area contributed by atoms with Gasteiger partial charge >= 0.3 is 11.9 Å². The van der Waals surface area contributed by atoms with Gasteiger partial charge in [0, 0.05) is 39.3 Å². The van der Waals surface area contributed by atoms with Gasteiger partial charge in [-0.15, -0.1) is 0 Å². The highest BCUT2D eigenvalue weighted by molar-refractivity contribution is 7.90. The third-order valence-corrected chi connectivity index (χ3v) is 28.0. The minimum absolute atomic E-state index is 0.0653. The molecule has 0 aromatic heterocycles. The van der Waals surface area contributed by atoms with E-state index in [2.05, 4.69) is 100 Å². The number of nitrogens with two attached hydrogens (primary N) is 1. The molecule has 12 rings (SSSR count). The molecule has 33 nitrogen and oxygen atoms in total. The lowest BCUT2D eigenvalue weighted by Crippen LogP contribution is -2.49. The van der Waals surface area contributed by atoms with Crippen LogP contribution in [0.5, 0.6) is 17.2 Å². The van der Waals surface area contributed by atoms with Crippen molar-refractivity contribution in [1.29, 1.82) is 0 Å². The number of hydrogen-bond acceptors (Lipinski definition) is 26. The first-order chi connectivity index (χ1) is 62.8. The zero-order valence-corrected chi connectivity index (χ0v) is 78.0. The van der Waals surface area contributed by atoms with Gasteiger partial charge in [0.05, 0.1) is 152 Å². The molecule has 0 bridgehead atoms. The van der Waals surface area contributed by atoms with E-state index in [1.165, 1.54) is 91.2 Å². The van der Waals surface area contributed by atoms with Crippen molar-refractivity contribution >= 4 is 53.8 Å². The Labute approximate surface area is 766 Å². The summed E-state index contributed by atoms with van der Waals surface area (Å²) in [5.41, 5.74) is 9.92. The second-order valence-electron chi connectivity index (χ2n) is 33.6. The van der Waals surface area contributed by atoms with Crippen molar-refractivity contribution in [1.82, 2.24) is 39.5 Å². The van der Waals surface area contributed by atoms with Crippen LogP contribution in [0.4, 0.5) is 0 Å². The highest BCUT2D eigenvalue weighted by Gasteiger charge is 2.43. The molecule has 6 aromatic rings. The first-order valence-electron chi connectivity index (χ1n) is 45.4. The number of likely N-dealkylation sites (tertiary alicyclic amines) is 3. The van der Waals surface area contributed by atoms with Gasteiger partial charge in [-0.25, -0.2) is 39.4 Å². The topological polar surface area (TPSA) is 418 Å². The number of benzene rings is 6. The van der Waals surface area contributed by atoms with E-state index < -0.39 is 64.7 Å². The van der Waals surface area contributed by atoms with Crippen molar-refractivity contribution in [3.05, 3.63) is 179 Å². The summed E-state index contributed by atoms with van der Waals surface area (Å²) in [7, 11) is -11.1. The molecule has 0 saturated carbocycles. The van der Waals surface area contributed by atoms with Gasteiger partial charge in [-0.05, 0) is 231 Å². The lowest BCUT2D eigenvalue weighted by atomic mass is 9.91. The summed E-state index contributed by atoms with van der Waals surface area (Å²) >= 11 is 0. The molecular formula is C94H135N9O24S3. The zero-order valence-electron chi connectivity index (χ0n) is 75.5. The molecule has 6 atom stereocenters. The Morgan fingerprint density at radius 1 is 0.331 bits per heavy atom. The highest BCUT2D eigenvalue weighted by Crippen LogP contribution is 2.43. The molecule has 0 radical (unpaired) electrons. The smallest absolute Gasteiger partial charge is 0.320 e. The summed E-state index contributed by atoms with van der Waals surface area (Å²) < 4.78 is 154. The Balaban J connectivity index is 0.000000307. The number of carbonyl (C=O) groups is 4. The average molecular weight is 1870 g/mol. The van der Waals surface area contributed by atoms with Gasteiger partial charge < -0.3 is 83.4 Å². The van der Waals surface area contributed by atoms with E-state index in [9.17, 15) is 44.4 Å². The van der Waals surface area contributed by atoms with Crippen LogP contribution >= 0.6 is 0 Å². The molecule has 2 amide bonds. The summed E-state index contributed by atoms with van der Waals surface area (Å²) in [5, 5.41) is 21.9. The monoisotopic (exact) mass is 1870 g/mol. The van der Waals surface area contributed by atoms with E-state index in [4.69, 9.17) is 72.8 Å². The quantitative estimate of drug-likeness (QED) is 0.0132. The van der Waals surface area contributed by atoms with Crippen molar-refractivity contribution in [2.75, 3.05) is 197 Å². The van der Waals surface area contributed by atoms with E-state index in [1.54, 1.807) is 86.6 Å². The number of aliphatic carboxylic acids is 2. The fraction of sp³-hybridized carbons (Fsp3) is 0.574. The van der Waals surface area contributed by atoms with Gasteiger partial charge in [0.2, 0.25) is 41.9 Å². The molecule has 36 heteroatoms. The van der Waals surface area contributed by atoms with E-state index in [-0.39, 0.29) is 137 Å². The molecule has 3 aliphatic carbocycles. The van der Waals surface area contributed by atoms with Gasteiger partial charge in [-0.1, -0.05) is 92.1 Å². The number of rotatable bonds is 54. The molecule has 130 heavy (non-hydrogen) atoms. The van der Waals surface area contributed by atoms with Gasteiger partial charge in [0.25, 0.3) is 0 Å². The first kappa shape index (κ1) is 104. The maximum absolute atomic E-state index is 13.0. The Morgan fingerprint density at radius 2 is 0.569 bits per heavy atom. The lowest BCUT2D eigenvalue weighted by Gasteiger charge is -2.35. The predicted molar refractivity (Wildman–Crippen MR) is 488 cm³/mol. The standard InChI is InChI=1S/C61H86N6O14S2.C28H41N3O6S.C5H8O4/c1-61(2,59(68)62-25-33-74-37-41-78-43-39-76-35-27-64-82(70,71)51-21-17-49(18-22-51)80-57-53-15-7-5-13-47(53)45-55(57)66-29-9-3-10-30-66)60(69)63-26-34-75-38-42-79-44-40-77-36-28-65-83(72,73)52-23-19-50(20-24-52)81-58-54-16-8-6-14-48(54)46-56(58)67-31-11-4-12-32-67;29-12-16-34-18-20-36-21-19-35-17-13-30-38(32,33)25-10-8-24(9-11-25)37-28-26-7-3-2-6-23(26)22-27(28)31-14-4-1-5-15-31;1-5(2,3(6)7)4(8)9/h5-8,13-24,55-58,64-65H,3-4,9-12,25-46H2,1-2H3,(H,62,68)(H,63,69);2-3,6-11,27-28,30H,1,4-5,12-22,29H2;1-2H3,(H,6,7)(H,8,9)/t55-,56-,57-,58-;27-,28-;/m00./s1. The third-order valence-electron chi connectivity index (χ3n) is 23.6. The van der Waals surface area contributed by atoms with Crippen molar-refractivity contribution in [2.24, 2.45) is 16.6 Å². The second kappa shape index (κ2) is 53.6. The number of hydrogen-bond donors (Lipinski definition) is 8. The summed E-state index contributed by atoms with van der Waals surface area (Å²) in [6, 6.07) is 46.0. The predicted octanol–water partition coefficient (Wildman–Crippen LogP) is 8.05. The van der Waals surface area contributed by atoms with Crippen LogP contribution in [0, 0.1) is 10.8 Å². The summed E-state index contributed by atoms with van der Waals surface area (Å²) in [6.07, 6.45) is 13.6. The SMILES string of the molecule is CC(C)(C(=O)NCCOCCOCCOCCNS(=O)(=O)c1ccc(O[C@H]2c3ccccc3C[C@@H]2N2CCCCC2)cc1)C(=O)NCCOCCOCCOCCNS(=O)(=O)c1ccc(O[C@H]2c3ccccc3C[C@@H]2N2CCCCC2)cc1.CC(C)(C(=O)O)C(=O)O.NCCOCCOCCOCCNS(=O)(=O)c1ccc(O[C@H]2c3ccccc3C[C@@H]2N2CCCCC2)cc1. The van der Waals surface area contributed by atoms with Crippen molar-refractivity contribution in [2.45, 2.75) is 156 Å². The van der Waals surface area contributed by atoms with Gasteiger partial charge in [0.1, 0.15) is 41.0 Å². The van der Waals surface area contributed by atoms with Crippen LogP contribution in [0.15, 0.2) is 160 Å². The maximum atomic E-state index is 13.0. The van der Waals surface area contributed by atoms with Crippen LogP contribution in [0.25, 0.3) is 0 Å². The van der Waals surface area contributed by atoms with E-state index in [0.717, 1.165) is 72.4 Å². The second-order valence-corrected chi connectivity index (χ2v) is 38.9. The van der Waals surface area contributed by atoms with Gasteiger partial charge in [0.15, 0.2) is 5.41 Å². The number of piperidine rings is 3. The number of carbonyl (C=O) groups excluding carboxylic acids is 2. The molecule has 6 aromatic carbocycles. The molecule has 3 saturated heterocycles. The number of ether oxygens (including phenoxy) is 12. The molecule has 3 fully saturated rings. The molecule has 3 heterocycles. The molecule has 6 aliphatic rings.